The smallest absolute Gasteiger partial charge is 0.123 e. The fraction of sp³-hybridized carbons (Fsp3) is 0.0588. The van der Waals surface area contributed by atoms with Crippen LogP contribution in [0, 0.1) is 5.82 Å². The first-order valence-corrected chi connectivity index (χ1v) is 7.14. The lowest BCUT2D eigenvalue weighted by molar-refractivity contribution is 0.415. The maximum Gasteiger partial charge on any atom is 0.123 e. The van der Waals surface area contributed by atoms with Gasteiger partial charge in [0, 0.05) is 10.4 Å². The molecule has 0 atom stereocenters. The Morgan fingerprint density at radius 1 is 0.850 bits per heavy atom. The van der Waals surface area contributed by atoms with Gasteiger partial charge in [-0.3, -0.25) is 0 Å². The van der Waals surface area contributed by atoms with Crippen LogP contribution in [0.15, 0.2) is 60.0 Å². The van der Waals surface area contributed by atoms with Gasteiger partial charge in [-0.1, -0.05) is 24.3 Å². The minimum atomic E-state index is -0.212. The molecule has 0 saturated carbocycles. The van der Waals surface area contributed by atoms with Crippen LogP contribution < -0.4 is 4.74 Å². The van der Waals surface area contributed by atoms with E-state index in [1.54, 1.807) is 18.4 Å². The van der Waals surface area contributed by atoms with Gasteiger partial charge in [0.15, 0.2) is 0 Å². The molecule has 2 aromatic carbocycles. The van der Waals surface area contributed by atoms with Gasteiger partial charge >= 0.3 is 0 Å². The molecule has 0 amide bonds. The predicted molar refractivity (Wildman–Crippen MR) is 81.7 cm³/mol. The lowest BCUT2D eigenvalue weighted by Crippen LogP contribution is -1.83. The Labute approximate surface area is 121 Å². The van der Waals surface area contributed by atoms with Crippen molar-refractivity contribution in [3.8, 4) is 27.3 Å². The summed E-state index contributed by atoms with van der Waals surface area (Å²) >= 11 is 1.66. The van der Waals surface area contributed by atoms with Gasteiger partial charge in [0.2, 0.25) is 0 Å². The highest BCUT2D eigenvalue weighted by Gasteiger charge is 2.09. The topological polar surface area (TPSA) is 9.23 Å². The molecule has 0 saturated heterocycles. The van der Waals surface area contributed by atoms with Crippen molar-refractivity contribution < 1.29 is 9.13 Å². The molecule has 1 aromatic heterocycles. The first kappa shape index (κ1) is 12.9. The van der Waals surface area contributed by atoms with E-state index in [0.717, 1.165) is 27.3 Å². The van der Waals surface area contributed by atoms with Crippen LogP contribution in [-0.2, 0) is 0 Å². The van der Waals surface area contributed by atoms with Crippen molar-refractivity contribution in [3.05, 3.63) is 65.8 Å². The summed E-state index contributed by atoms with van der Waals surface area (Å²) in [5.74, 6) is 0.628. The summed E-state index contributed by atoms with van der Waals surface area (Å²) in [6.45, 7) is 0. The van der Waals surface area contributed by atoms with E-state index in [1.165, 1.54) is 12.1 Å². The number of hydrogen-bond acceptors (Lipinski definition) is 2. The first-order chi connectivity index (χ1) is 9.78. The molecular weight excluding hydrogens is 271 g/mol. The van der Waals surface area contributed by atoms with Crippen LogP contribution in [-0.4, -0.2) is 7.11 Å². The van der Waals surface area contributed by atoms with Crippen LogP contribution in [0.25, 0.3) is 21.6 Å². The molecule has 0 aliphatic rings. The Kier molecular flexibility index (Phi) is 3.52. The lowest BCUT2D eigenvalue weighted by Gasteiger charge is -2.06. The summed E-state index contributed by atoms with van der Waals surface area (Å²) in [6.07, 6.45) is 0. The SMILES string of the molecule is COc1ccc(-c2ccsc2-c2ccc(F)cc2)cc1. The van der Waals surface area contributed by atoms with E-state index >= 15 is 0 Å². The minimum absolute atomic E-state index is 0.212. The van der Waals surface area contributed by atoms with Gasteiger partial charge in [-0.15, -0.1) is 11.3 Å². The molecule has 0 bridgehead atoms. The van der Waals surface area contributed by atoms with Crippen molar-refractivity contribution >= 4 is 11.3 Å². The lowest BCUT2D eigenvalue weighted by atomic mass is 10.0. The van der Waals surface area contributed by atoms with E-state index < -0.39 is 0 Å². The second kappa shape index (κ2) is 5.47. The Morgan fingerprint density at radius 3 is 2.15 bits per heavy atom. The summed E-state index contributed by atoms with van der Waals surface area (Å²) in [5, 5.41) is 2.05. The van der Waals surface area contributed by atoms with E-state index in [9.17, 15) is 4.39 Å². The van der Waals surface area contributed by atoms with Crippen LogP contribution in [0.2, 0.25) is 0 Å². The fourth-order valence-corrected chi connectivity index (χ4v) is 3.06. The monoisotopic (exact) mass is 284 g/mol. The molecule has 0 N–H and O–H groups in total. The van der Waals surface area contributed by atoms with Crippen LogP contribution in [0.3, 0.4) is 0 Å². The number of halogens is 1. The van der Waals surface area contributed by atoms with Crippen LogP contribution >= 0.6 is 11.3 Å². The molecule has 0 aliphatic heterocycles. The van der Waals surface area contributed by atoms with E-state index in [-0.39, 0.29) is 5.82 Å². The zero-order valence-electron chi connectivity index (χ0n) is 11.0. The quantitative estimate of drug-likeness (QED) is 0.640. The standard InChI is InChI=1S/C17H13FOS/c1-19-15-8-4-12(5-9-15)16-10-11-20-17(16)13-2-6-14(18)7-3-13/h2-11H,1H3. The van der Waals surface area contributed by atoms with Crippen molar-refractivity contribution in [2.75, 3.05) is 7.11 Å². The Morgan fingerprint density at radius 2 is 1.50 bits per heavy atom. The average molecular weight is 284 g/mol. The normalized spacial score (nSPS) is 10.5. The molecular formula is C17H13FOS. The molecule has 20 heavy (non-hydrogen) atoms. The number of methoxy groups -OCH3 is 1. The summed E-state index contributed by atoms with van der Waals surface area (Å²) in [7, 11) is 1.66. The number of benzene rings is 2. The molecule has 1 heterocycles. The molecule has 1 nitrogen and oxygen atoms in total. The molecule has 0 unspecified atom stereocenters. The third kappa shape index (κ3) is 2.45. The summed E-state index contributed by atoms with van der Waals surface area (Å²) < 4.78 is 18.2. The van der Waals surface area contributed by atoms with E-state index in [2.05, 4.69) is 11.4 Å². The van der Waals surface area contributed by atoms with Gasteiger partial charge in [0.25, 0.3) is 0 Å². The van der Waals surface area contributed by atoms with Crippen molar-refractivity contribution in [1.82, 2.24) is 0 Å². The van der Waals surface area contributed by atoms with Crippen molar-refractivity contribution in [3.63, 3.8) is 0 Å². The number of rotatable bonds is 3. The second-order valence-corrected chi connectivity index (χ2v) is 5.31. The Balaban J connectivity index is 2.02. The summed E-state index contributed by atoms with van der Waals surface area (Å²) in [4.78, 5) is 1.15. The maximum absolute atomic E-state index is 13.0. The highest BCUT2D eigenvalue weighted by molar-refractivity contribution is 7.14. The Bertz CT molecular complexity index is 699. The zero-order chi connectivity index (χ0) is 13.9. The van der Waals surface area contributed by atoms with Gasteiger partial charge in [0.05, 0.1) is 7.11 Å². The van der Waals surface area contributed by atoms with Crippen LogP contribution in [0.4, 0.5) is 4.39 Å². The number of hydrogen-bond donors (Lipinski definition) is 0. The molecule has 3 heteroatoms. The van der Waals surface area contributed by atoms with E-state index in [4.69, 9.17) is 4.74 Å². The van der Waals surface area contributed by atoms with Gasteiger partial charge in [-0.05, 0) is 46.8 Å². The average Bonchev–Trinajstić information content (AvgIpc) is 2.97. The summed E-state index contributed by atoms with van der Waals surface area (Å²) in [6, 6.07) is 16.7. The fourth-order valence-electron chi connectivity index (χ4n) is 2.13. The largest absolute Gasteiger partial charge is 0.497 e. The number of thiophene rings is 1. The van der Waals surface area contributed by atoms with Gasteiger partial charge in [0.1, 0.15) is 11.6 Å². The highest BCUT2D eigenvalue weighted by atomic mass is 32.1. The van der Waals surface area contributed by atoms with Crippen molar-refractivity contribution in [2.45, 2.75) is 0 Å². The van der Waals surface area contributed by atoms with Crippen LogP contribution in [0.1, 0.15) is 0 Å². The summed E-state index contributed by atoms with van der Waals surface area (Å²) in [5.41, 5.74) is 3.32. The van der Waals surface area contributed by atoms with Crippen molar-refractivity contribution in [1.29, 1.82) is 0 Å². The molecule has 0 spiro atoms. The predicted octanol–water partition coefficient (Wildman–Crippen LogP) is 5.23. The number of ether oxygens (including phenoxy) is 1. The van der Waals surface area contributed by atoms with Gasteiger partial charge < -0.3 is 4.74 Å². The van der Waals surface area contributed by atoms with Crippen molar-refractivity contribution in [2.24, 2.45) is 0 Å². The molecule has 0 aliphatic carbocycles. The third-order valence-electron chi connectivity index (χ3n) is 3.17. The molecule has 0 radical (unpaired) electrons. The van der Waals surface area contributed by atoms with E-state index in [0.29, 0.717) is 0 Å². The van der Waals surface area contributed by atoms with E-state index in [1.807, 2.05) is 36.4 Å². The Hall–Kier alpha value is -2.13. The zero-order valence-corrected chi connectivity index (χ0v) is 11.8. The molecule has 3 aromatic rings. The highest BCUT2D eigenvalue weighted by Crippen LogP contribution is 2.37. The first-order valence-electron chi connectivity index (χ1n) is 6.26. The molecule has 0 fully saturated rings. The second-order valence-electron chi connectivity index (χ2n) is 4.40. The minimum Gasteiger partial charge on any atom is -0.497 e. The maximum atomic E-state index is 13.0. The molecule has 100 valence electrons. The van der Waals surface area contributed by atoms with Crippen LogP contribution in [0.5, 0.6) is 5.75 Å². The van der Waals surface area contributed by atoms with Gasteiger partial charge in [-0.2, -0.15) is 0 Å². The third-order valence-corrected chi connectivity index (χ3v) is 4.14. The molecule has 3 rings (SSSR count). The van der Waals surface area contributed by atoms with Gasteiger partial charge in [-0.25, -0.2) is 4.39 Å².